The van der Waals surface area contributed by atoms with E-state index in [2.05, 4.69) is 0 Å². The lowest BCUT2D eigenvalue weighted by molar-refractivity contribution is 0.617. The van der Waals surface area contributed by atoms with Crippen LogP contribution in [0, 0.1) is 11.6 Å². The molecule has 2 rings (SSSR count). The van der Waals surface area contributed by atoms with Crippen LogP contribution in [0.4, 0.5) is 8.78 Å². The van der Waals surface area contributed by atoms with Gasteiger partial charge in [0.2, 0.25) is 0 Å². The molecule has 0 heterocycles. The Kier molecular flexibility index (Phi) is 3.94. The van der Waals surface area contributed by atoms with Crippen molar-refractivity contribution >= 4 is 11.6 Å². The van der Waals surface area contributed by atoms with E-state index in [9.17, 15) is 8.78 Å². The molecule has 1 unspecified atom stereocenters. The summed E-state index contributed by atoms with van der Waals surface area (Å²) in [6.07, 6.45) is 0.476. The zero-order valence-corrected chi connectivity index (χ0v) is 10.3. The van der Waals surface area contributed by atoms with E-state index in [-0.39, 0.29) is 11.6 Å². The lowest BCUT2D eigenvalue weighted by Gasteiger charge is -2.14. The molecule has 0 spiro atoms. The predicted octanol–water partition coefficient (Wildman–Crippen LogP) is 3.86. The minimum Gasteiger partial charge on any atom is -0.324 e. The number of halogens is 3. The highest BCUT2D eigenvalue weighted by Crippen LogP contribution is 2.25. The van der Waals surface area contributed by atoms with Crippen LogP contribution in [0.15, 0.2) is 42.5 Å². The fourth-order valence-corrected chi connectivity index (χ4v) is 2.04. The van der Waals surface area contributed by atoms with Crippen molar-refractivity contribution in [1.29, 1.82) is 0 Å². The molecule has 4 heteroatoms. The number of rotatable bonds is 3. The van der Waals surface area contributed by atoms with Crippen molar-refractivity contribution in [3.63, 3.8) is 0 Å². The second kappa shape index (κ2) is 5.46. The maximum absolute atomic E-state index is 13.1. The molecular formula is C14H12ClF2N. The average Bonchev–Trinajstić information content (AvgIpc) is 2.35. The van der Waals surface area contributed by atoms with Gasteiger partial charge in [0.25, 0.3) is 0 Å². The molecule has 0 fully saturated rings. The van der Waals surface area contributed by atoms with Gasteiger partial charge in [-0.25, -0.2) is 8.78 Å². The monoisotopic (exact) mass is 267 g/mol. The van der Waals surface area contributed by atoms with Crippen molar-refractivity contribution in [2.75, 3.05) is 0 Å². The summed E-state index contributed by atoms with van der Waals surface area (Å²) in [5, 5.41) is 0.436. The van der Waals surface area contributed by atoms with E-state index in [1.165, 1.54) is 30.3 Å². The SMILES string of the molecule is NC(Cc1ccc(F)cc1)c1cc(F)ccc1Cl. The number of hydrogen-bond acceptors (Lipinski definition) is 1. The third-order valence-corrected chi connectivity index (χ3v) is 3.07. The van der Waals surface area contributed by atoms with Gasteiger partial charge in [-0.2, -0.15) is 0 Å². The summed E-state index contributed by atoms with van der Waals surface area (Å²) in [4.78, 5) is 0. The highest BCUT2D eigenvalue weighted by molar-refractivity contribution is 6.31. The normalized spacial score (nSPS) is 12.4. The van der Waals surface area contributed by atoms with Gasteiger partial charge in [0, 0.05) is 11.1 Å². The summed E-state index contributed by atoms with van der Waals surface area (Å²) in [7, 11) is 0. The second-order valence-corrected chi connectivity index (χ2v) is 4.51. The first kappa shape index (κ1) is 13.0. The molecular weight excluding hydrogens is 256 g/mol. The third-order valence-electron chi connectivity index (χ3n) is 2.73. The molecule has 0 saturated carbocycles. The maximum atomic E-state index is 13.1. The lowest BCUT2D eigenvalue weighted by Crippen LogP contribution is -2.14. The van der Waals surface area contributed by atoms with Gasteiger partial charge in [-0.3, -0.25) is 0 Å². The molecule has 0 amide bonds. The Bertz CT molecular complexity index is 540. The summed E-state index contributed by atoms with van der Waals surface area (Å²) in [6, 6.07) is 9.73. The smallest absolute Gasteiger partial charge is 0.123 e. The standard InChI is InChI=1S/C14H12ClF2N/c15-13-6-5-11(17)8-12(13)14(18)7-9-1-3-10(16)4-2-9/h1-6,8,14H,7,18H2. The largest absolute Gasteiger partial charge is 0.324 e. The molecule has 0 bridgehead atoms. The van der Waals surface area contributed by atoms with E-state index >= 15 is 0 Å². The fraction of sp³-hybridized carbons (Fsp3) is 0.143. The summed E-state index contributed by atoms with van der Waals surface area (Å²) < 4.78 is 25.9. The maximum Gasteiger partial charge on any atom is 0.123 e. The van der Waals surface area contributed by atoms with Crippen molar-refractivity contribution in [3.8, 4) is 0 Å². The average molecular weight is 268 g/mol. The number of benzene rings is 2. The third kappa shape index (κ3) is 3.06. The van der Waals surface area contributed by atoms with Gasteiger partial charge in [-0.1, -0.05) is 23.7 Å². The van der Waals surface area contributed by atoms with Gasteiger partial charge in [-0.15, -0.1) is 0 Å². The van der Waals surface area contributed by atoms with E-state index in [0.29, 0.717) is 17.0 Å². The zero-order valence-electron chi connectivity index (χ0n) is 9.54. The van der Waals surface area contributed by atoms with Gasteiger partial charge in [-0.05, 0) is 47.9 Å². The Labute approximate surface area is 109 Å². The van der Waals surface area contributed by atoms with Crippen LogP contribution in [0.5, 0.6) is 0 Å². The minimum atomic E-state index is -0.418. The second-order valence-electron chi connectivity index (χ2n) is 4.10. The summed E-state index contributed by atoms with van der Waals surface area (Å²) in [6.45, 7) is 0. The first-order valence-electron chi connectivity index (χ1n) is 5.51. The van der Waals surface area contributed by atoms with E-state index in [4.69, 9.17) is 17.3 Å². The van der Waals surface area contributed by atoms with Crippen molar-refractivity contribution in [3.05, 3.63) is 70.2 Å². The van der Waals surface area contributed by atoms with Crippen molar-refractivity contribution in [1.82, 2.24) is 0 Å². The summed E-state index contributed by atoms with van der Waals surface area (Å²) in [5.41, 5.74) is 7.43. The molecule has 0 aliphatic rings. The quantitative estimate of drug-likeness (QED) is 0.898. The summed E-state index contributed by atoms with van der Waals surface area (Å²) in [5.74, 6) is -0.667. The number of nitrogens with two attached hydrogens (primary N) is 1. The molecule has 0 aromatic heterocycles. The van der Waals surface area contributed by atoms with Crippen LogP contribution in [0.1, 0.15) is 17.2 Å². The topological polar surface area (TPSA) is 26.0 Å². The van der Waals surface area contributed by atoms with Crippen molar-refractivity contribution < 1.29 is 8.78 Å². The first-order chi connectivity index (χ1) is 8.56. The van der Waals surface area contributed by atoms with E-state index < -0.39 is 6.04 Å². The minimum absolute atomic E-state index is 0.295. The molecule has 0 saturated heterocycles. The van der Waals surface area contributed by atoms with Crippen LogP contribution in [0.25, 0.3) is 0 Å². The van der Waals surface area contributed by atoms with Gasteiger partial charge < -0.3 is 5.73 Å². The Morgan fingerprint density at radius 1 is 1.00 bits per heavy atom. The molecule has 2 aromatic carbocycles. The van der Waals surface area contributed by atoms with Gasteiger partial charge in [0.1, 0.15) is 11.6 Å². The van der Waals surface area contributed by atoms with Crippen molar-refractivity contribution in [2.24, 2.45) is 5.73 Å². The zero-order chi connectivity index (χ0) is 13.1. The Balaban J connectivity index is 2.18. The summed E-state index contributed by atoms with van der Waals surface area (Å²) >= 11 is 5.98. The highest BCUT2D eigenvalue weighted by Gasteiger charge is 2.12. The predicted molar refractivity (Wildman–Crippen MR) is 68.4 cm³/mol. The molecule has 94 valence electrons. The molecule has 18 heavy (non-hydrogen) atoms. The van der Waals surface area contributed by atoms with E-state index in [1.54, 1.807) is 12.1 Å². The van der Waals surface area contributed by atoms with Gasteiger partial charge in [0.05, 0.1) is 0 Å². The molecule has 2 N–H and O–H groups in total. The first-order valence-corrected chi connectivity index (χ1v) is 5.89. The molecule has 1 atom stereocenters. The van der Waals surface area contributed by atoms with Crippen LogP contribution >= 0.6 is 11.6 Å². The Hall–Kier alpha value is -1.45. The Morgan fingerprint density at radius 2 is 1.61 bits per heavy atom. The molecule has 2 aromatic rings. The van der Waals surface area contributed by atoms with Crippen LogP contribution in [0.3, 0.4) is 0 Å². The number of hydrogen-bond donors (Lipinski definition) is 1. The van der Waals surface area contributed by atoms with Crippen LogP contribution in [0.2, 0.25) is 5.02 Å². The molecule has 1 nitrogen and oxygen atoms in total. The van der Waals surface area contributed by atoms with Crippen LogP contribution in [-0.4, -0.2) is 0 Å². The van der Waals surface area contributed by atoms with E-state index in [0.717, 1.165) is 5.56 Å². The highest BCUT2D eigenvalue weighted by atomic mass is 35.5. The lowest BCUT2D eigenvalue weighted by atomic mass is 9.99. The van der Waals surface area contributed by atoms with Crippen LogP contribution in [-0.2, 0) is 6.42 Å². The van der Waals surface area contributed by atoms with Gasteiger partial charge >= 0.3 is 0 Å². The molecule has 0 aliphatic carbocycles. The Morgan fingerprint density at radius 3 is 2.28 bits per heavy atom. The van der Waals surface area contributed by atoms with E-state index in [1.807, 2.05) is 0 Å². The van der Waals surface area contributed by atoms with Crippen molar-refractivity contribution in [2.45, 2.75) is 12.5 Å². The van der Waals surface area contributed by atoms with Crippen LogP contribution < -0.4 is 5.73 Å². The molecule has 0 radical (unpaired) electrons. The molecule has 0 aliphatic heterocycles. The van der Waals surface area contributed by atoms with Gasteiger partial charge in [0.15, 0.2) is 0 Å². The fourth-order valence-electron chi connectivity index (χ4n) is 1.78.